The van der Waals surface area contributed by atoms with Crippen LogP contribution in [0, 0.1) is 12.7 Å². The van der Waals surface area contributed by atoms with Crippen molar-refractivity contribution in [2.24, 2.45) is 0 Å². The van der Waals surface area contributed by atoms with Crippen molar-refractivity contribution >= 4 is 0 Å². The molecule has 0 fully saturated rings. The predicted octanol–water partition coefficient (Wildman–Crippen LogP) is 2.27. The minimum atomic E-state index is -0.623. The van der Waals surface area contributed by atoms with E-state index in [1.807, 2.05) is 12.4 Å². The van der Waals surface area contributed by atoms with E-state index in [2.05, 4.69) is 14.5 Å². The molecule has 0 saturated carbocycles. The number of nitrogens with zero attached hydrogens (tertiary/aromatic N) is 3. The Morgan fingerprint density at radius 3 is 3.05 bits per heavy atom. The number of imidazole rings is 1. The van der Waals surface area contributed by atoms with E-state index < -0.39 is 6.10 Å². The van der Waals surface area contributed by atoms with E-state index in [4.69, 9.17) is 0 Å². The van der Waals surface area contributed by atoms with Crippen LogP contribution in [-0.4, -0.2) is 32.6 Å². The minimum Gasteiger partial charge on any atom is -0.388 e. The maximum absolute atomic E-state index is 13.5. The zero-order chi connectivity index (χ0) is 14.8. The van der Waals surface area contributed by atoms with E-state index in [0.29, 0.717) is 17.5 Å². The molecule has 1 N–H and O–H groups in total. The Hall–Kier alpha value is -1.72. The van der Waals surface area contributed by atoms with E-state index >= 15 is 0 Å². The number of fused-ring (bicyclic) bond motifs is 1. The van der Waals surface area contributed by atoms with E-state index in [-0.39, 0.29) is 5.82 Å². The third-order valence-electron chi connectivity index (χ3n) is 4.12. The summed E-state index contributed by atoms with van der Waals surface area (Å²) in [5.74, 6) is 0.809. The van der Waals surface area contributed by atoms with Crippen LogP contribution in [0.25, 0.3) is 0 Å². The molecule has 0 aliphatic carbocycles. The Morgan fingerprint density at radius 1 is 1.38 bits per heavy atom. The predicted molar refractivity (Wildman–Crippen MR) is 78.2 cm³/mol. The summed E-state index contributed by atoms with van der Waals surface area (Å²) in [7, 11) is 0. The lowest BCUT2D eigenvalue weighted by atomic mass is 10.0. The number of aryl methyl sites for hydroxylation is 1. The molecule has 0 radical (unpaired) electrons. The van der Waals surface area contributed by atoms with Gasteiger partial charge in [0.15, 0.2) is 0 Å². The maximum atomic E-state index is 13.5. The van der Waals surface area contributed by atoms with Gasteiger partial charge in [-0.2, -0.15) is 0 Å². The van der Waals surface area contributed by atoms with Gasteiger partial charge in [-0.15, -0.1) is 0 Å². The van der Waals surface area contributed by atoms with Crippen LogP contribution in [0.2, 0.25) is 0 Å². The van der Waals surface area contributed by atoms with Crippen molar-refractivity contribution < 1.29 is 9.50 Å². The van der Waals surface area contributed by atoms with Gasteiger partial charge < -0.3 is 9.67 Å². The van der Waals surface area contributed by atoms with Gasteiger partial charge in [0.25, 0.3) is 0 Å². The van der Waals surface area contributed by atoms with Gasteiger partial charge in [0, 0.05) is 32.0 Å². The molecule has 4 nitrogen and oxygen atoms in total. The summed E-state index contributed by atoms with van der Waals surface area (Å²) >= 11 is 0. The lowest BCUT2D eigenvalue weighted by Gasteiger charge is -2.28. The number of halogens is 1. The van der Waals surface area contributed by atoms with Crippen molar-refractivity contribution in [2.75, 3.05) is 13.1 Å². The fourth-order valence-corrected chi connectivity index (χ4v) is 2.70. The first-order valence-corrected chi connectivity index (χ1v) is 7.30. The van der Waals surface area contributed by atoms with Gasteiger partial charge in [0.1, 0.15) is 11.6 Å². The van der Waals surface area contributed by atoms with Crippen LogP contribution in [0.1, 0.15) is 29.5 Å². The van der Waals surface area contributed by atoms with Gasteiger partial charge >= 0.3 is 0 Å². The number of rotatable bonds is 4. The molecule has 0 saturated heterocycles. The number of aliphatic hydroxyl groups excluding tert-OH is 1. The number of hydrogen-bond donors (Lipinski definition) is 1. The number of aromatic nitrogens is 2. The molecule has 1 unspecified atom stereocenters. The number of aliphatic hydroxyl groups is 1. The molecule has 1 aliphatic rings. The Bertz CT molecular complexity index is 626. The van der Waals surface area contributed by atoms with Gasteiger partial charge in [-0.05, 0) is 30.5 Å². The highest BCUT2D eigenvalue weighted by molar-refractivity contribution is 5.24. The quantitative estimate of drug-likeness (QED) is 0.939. The lowest BCUT2D eigenvalue weighted by Crippen LogP contribution is -2.34. The summed E-state index contributed by atoms with van der Waals surface area (Å²) < 4.78 is 15.7. The molecule has 0 amide bonds. The average molecular weight is 289 g/mol. The van der Waals surface area contributed by atoms with Crippen LogP contribution >= 0.6 is 0 Å². The molecule has 2 aromatic rings. The molecule has 0 bridgehead atoms. The van der Waals surface area contributed by atoms with E-state index in [9.17, 15) is 9.50 Å². The second-order valence-corrected chi connectivity index (χ2v) is 5.63. The summed E-state index contributed by atoms with van der Waals surface area (Å²) in [6.07, 6.45) is 3.80. The third kappa shape index (κ3) is 3.14. The molecule has 2 heterocycles. The van der Waals surface area contributed by atoms with Crippen LogP contribution in [0.3, 0.4) is 0 Å². The largest absolute Gasteiger partial charge is 0.388 e. The first-order chi connectivity index (χ1) is 10.1. The first kappa shape index (κ1) is 14.2. The molecule has 1 aromatic carbocycles. The van der Waals surface area contributed by atoms with Crippen molar-refractivity contribution in [3.05, 3.63) is 53.4 Å². The second kappa shape index (κ2) is 5.95. The summed E-state index contributed by atoms with van der Waals surface area (Å²) in [5.41, 5.74) is 1.26. The van der Waals surface area contributed by atoms with Crippen LogP contribution in [0.15, 0.2) is 30.6 Å². The zero-order valence-electron chi connectivity index (χ0n) is 12.2. The molecule has 21 heavy (non-hydrogen) atoms. The molecule has 112 valence electrons. The molecule has 5 heteroatoms. The Kier molecular flexibility index (Phi) is 4.03. The van der Waals surface area contributed by atoms with Crippen LogP contribution in [0.4, 0.5) is 4.39 Å². The summed E-state index contributed by atoms with van der Waals surface area (Å²) in [5, 5.41) is 10.2. The second-order valence-electron chi connectivity index (χ2n) is 5.63. The minimum absolute atomic E-state index is 0.258. The van der Waals surface area contributed by atoms with E-state index in [1.165, 1.54) is 6.07 Å². The molecule has 1 atom stereocenters. The zero-order valence-corrected chi connectivity index (χ0v) is 12.2. The van der Waals surface area contributed by atoms with Gasteiger partial charge in [-0.25, -0.2) is 9.37 Å². The maximum Gasteiger partial charge on any atom is 0.126 e. The van der Waals surface area contributed by atoms with E-state index in [1.54, 1.807) is 19.1 Å². The topological polar surface area (TPSA) is 41.3 Å². The smallest absolute Gasteiger partial charge is 0.126 e. The summed E-state index contributed by atoms with van der Waals surface area (Å²) in [4.78, 5) is 6.60. The molecule has 0 spiro atoms. The highest BCUT2D eigenvalue weighted by Crippen LogP contribution is 2.20. The average Bonchev–Trinajstić information content (AvgIpc) is 2.95. The number of hydrogen-bond acceptors (Lipinski definition) is 3. The standard InChI is InChI=1S/C16H20FN3O/c1-12-2-3-13(10-14(12)17)15(21)4-6-19-8-9-20-7-5-18-16(20)11-19/h2-3,5,7,10,15,21H,4,6,8-9,11H2,1H3. The van der Waals surface area contributed by atoms with Gasteiger partial charge in [0.05, 0.1) is 12.6 Å². The molecular weight excluding hydrogens is 269 g/mol. The highest BCUT2D eigenvalue weighted by Gasteiger charge is 2.18. The van der Waals surface area contributed by atoms with E-state index in [0.717, 1.165) is 32.0 Å². The van der Waals surface area contributed by atoms with Crippen LogP contribution < -0.4 is 0 Å². The first-order valence-electron chi connectivity index (χ1n) is 7.30. The van der Waals surface area contributed by atoms with Crippen LogP contribution in [0.5, 0.6) is 0 Å². The van der Waals surface area contributed by atoms with Gasteiger partial charge in [-0.1, -0.05) is 12.1 Å². The monoisotopic (exact) mass is 289 g/mol. The van der Waals surface area contributed by atoms with Gasteiger partial charge in [-0.3, -0.25) is 4.90 Å². The Morgan fingerprint density at radius 2 is 2.24 bits per heavy atom. The van der Waals surface area contributed by atoms with Crippen molar-refractivity contribution in [1.29, 1.82) is 0 Å². The Labute approximate surface area is 123 Å². The van der Waals surface area contributed by atoms with Crippen molar-refractivity contribution in [1.82, 2.24) is 14.5 Å². The highest BCUT2D eigenvalue weighted by atomic mass is 19.1. The van der Waals surface area contributed by atoms with Crippen LogP contribution in [-0.2, 0) is 13.1 Å². The summed E-state index contributed by atoms with van der Waals surface area (Å²) in [6, 6.07) is 4.94. The molecule has 1 aromatic heterocycles. The third-order valence-corrected chi connectivity index (χ3v) is 4.12. The van der Waals surface area contributed by atoms with Crippen molar-refractivity contribution in [2.45, 2.75) is 32.5 Å². The Balaban J connectivity index is 1.56. The molecule has 3 rings (SSSR count). The normalized spacial score (nSPS) is 16.7. The SMILES string of the molecule is Cc1ccc(C(O)CCN2CCn3ccnc3C2)cc1F. The van der Waals surface area contributed by atoms with Crippen molar-refractivity contribution in [3.63, 3.8) is 0 Å². The number of benzene rings is 1. The summed E-state index contributed by atoms with van der Waals surface area (Å²) in [6.45, 7) is 5.20. The molecule has 1 aliphatic heterocycles. The van der Waals surface area contributed by atoms with Crippen molar-refractivity contribution in [3.8, 4) is 0 Å². The molecular formula is C16H20FN3O. The fourth-order valence-electron chi connectivity index (χ4n) is 2.70. The lowest BCUT2D eigenvalue weighted by molar-refractivity contribution is 0.130. The fraction of sp³-hybridized carbons (Fsp3) is 0.438. The van der Waals surface area contributed by atoms with Gasteiger partial charge in [0.2, 0.25) is 0 Å².